The van der Waals surface area contributed by atoms with Gasteiger partial charge in [-0.05, 0) is 25.3 Å². The van der Waals surface area contributed by atoms with Crippen LogP contribution < -0.4 is 5.32 Å². The van der Waals surface area contributed by atoms with Crippen molar-refractivity contribution >= 4 is 26.6 Å². The third-order valence-corrected chi connectivity index (χ3v) is 5.93. The number of carbonyl (C=O) groups excluding carboxylic acids is 1. The van der Waals surface area contributed by atoms with E-state index in [4.69, 9.17) is 0 Å². The third kappa shape index (κ3) is 2.99. The van der Waals surface area contributed by atoms with Crippen molar-refractivity contribution in [2.45, 2.75) is 37.0 Å². The highest BCUT2D eigenvalue weighted by Gasteiger charge is 2.30. The van der Waals surface area contributed by atoms with Crippen LogP contribution in [-0.2, 0) is 9.84 Å². The third-order valence-electron chi connectivity index (χ3n) is 4.29. The summed E-state index contributed by atoms with van der Waals surface area (Å²) in [5.74, 6) is -0.186. The van der Waals surface area contributed by atoms with Crippen molar-refractivity contribution in [3.8, 4) is 0 Å². The van der Waals surface area contributed by atoms with Crippen molar-refractivity contribution in [2.24, 2.45) is 0 Å². The molecule has 1 aliphatic carbocycles. The maximum Gasteiger partial charge on any atom is 0.253 e. The zero-order valence-electron chi connectivity index (χ0n) is 12.4. The SMILES string of the molecule is CS(=O)(=O)[C@H]1CCC[C@H](NC(=O)c2cccc3cn[nH]c23)C1. The van der Waals surface area contributed by atoms with Crippen LogP contribution in [0.5, 0.6) is 0 Å². The van der Waals surface area contributed by atoms with Crippen LogP contribution in [0.15, 0.2) is 24.4 Å². The quantitative estimate of drug-likeness (QED) is 0.899. The number of para-hydroxylation sites is 1. The maximum absolute atomic E-state index is 12.5. The summed E-state index contributed by atoms with van der Waals surface area (Å²) in [5, 5.41) is 10.3. The molecule has 0 aliphatic heterocycles. The van der Waals surface area contributed by atoms with Gasteiger partial charge in [0, 0.05) is 17.7 Å². The van der Waals surface area contributed by atoms with Gasteiger partial charge in [0.15, 0.2) is 0 Å². The first-order chi connectivity index (χ1) is 10.4. The van der Waals surface area contributed by atoms with Crippen LogP contribution in [-0.4, -0.2) is 42.1 Å². The topological polar surface area (TPSA) is 91.9 Å². The molecule has 3 rings (SSSR count). The van der Waals surface area contributed by atoms with E-state index < -0.39 is 9.84 Å². The Labute approximate surface area is 129 Å². The summed E-state index contributed by atoms with van der Waals surface area (Å²) < 4.78 is 23.4. The van der Waals surface area contributed by atoms with Gasteiger partial charge in [0.2, 0.25) is 0 Å². The number of hydrogen-bond acceptors (Lipinski definition) is 4. The zero-order valence-corrected chi connectivity index (χ0v) is 13.2. The lowest BCUT2D eigenvalue weighted by molar-refractivity contribution is 0.0929. The van der Waals surface area contributed by atoms with E-state index in [2.05, 4.69) is 15.5 Å². The van der Waals surface area contributed by atoms with Gasteiger partial charge in [-0.15, -0.1) is 0 Å². The second kappa shape index (κ2) is 5.72. The summed E-state index contributed by atoms with van der Waals surface area (Å²) in [6.07, 6.45) is 5.75. The average Bonchev–Trinajstić information content (AvgIpc) is 2.94. The molecule has 1 aliphatic rings. The summed E-state index contributed by atoms with van der Waals surface area (Å²) >= 11 is 0. The number of sulfone groups is 1. The number of nitrogens with zero attached hydrogens (tertiary/aromatic N) is 1. The molecule has 1 aromatic carbocycles. The number of hydrogen-bond donors (Lipinski definition) is 2. The standard InChI is InChI=1S/C15H19N3O3S/c1-22(20,21)12-6-3-5-11(8-12)17-15(19)13-7-2-4-10-9-16-18-14(10)13/h2,4,7,9,11-12H,3,5-6,8H2,1H3,(H,16,18)(H,17,19)/t11-,12-/m0/s1. The van der Waals surface area contributed by atoms with Crippen LogP contribution in [0, 0.1) is 0 Å². The fourth-order valence-corrected chi connectivity index (χ4v) is 4.26. The Bertz CT molecular complexity index is 797. The molecule has 2 aromatic rings. The predicted molar refractivity (Wildman–Crippen MR) is 84.4 cm³/mol. The average molecular weight is 321 g/mol. The van der Waals surface area contributed by atoms with Gasteiger partial charge < -0.3 is 5.32 Å². The highest BCUT2D eigenvalue weighted by atomic mass is 32.2. The maximum atomic E-state index is 12.5. The molecule has 1 amide bonds. The van der Waals surface area contributed by atoms with E-state index in [1.54, 1.807) is 12.3 Å². The summed E-state index contributed by atoms with van der Waals surface area (Å²) in [4.78, 5) is 12.5. The highest BCUT2D eigenvalue weighted by molar-refractivity contribution is 7.91. The molecule has 7 heteroatoms. The van der Waals surface area contributed by atoms with Gasteiger partial charge >= 0.3 is 0 Å². The molecule has 1 heterocycles. The summed E-state index contributed by atoms with van der Waals surface area (Å²) in [5.41, 5.74) is 1.24. The smallest absolute Gasteiger partial charge is 0.253 e. The van der Waals surface area contributed by atoms with Gasteiger partial charge in [-0.3, -0.25) is 9.89 Å². The Morgan fingerprint density at radius 3 is 2.95 bits per heavy atom. The Balaban J connectivity index is 1.75. The van der Waals surface area contributed by atoms with Gasteiger partial charge in [0.1, 0.15) is 9.84 Å². The molecule has 2 atom stereocenters. The molecule has 1 saturated carbocycles. The molecule has 0 saturated heterocycles. The number of H-pyrrole nitrogens is 1. The van der Waals surface area contributed by atoms with E-state index >= 15 is 0 Å². The van der Waals surface area contributed by atoms with Gasteiger partial charge in [-0.1, -0.05) is 18.6 Å². The Morgan fingerprint density at radius 2 is 2.18 bits per heavy atom. The van der Waals surface area contributed by atoms with E-state index in [9.17, 15) is 13.2 Å². The zero-order chi connectivity index (χ0) is 15.7. The van der Waals surface area contributed by atoms with Crippen LogP contribution in [0.25, 0.3) is 10.9 Å². The van der Waals surface area contributed by atoms with Gasteiger partial charge in [-0.2, -0.15) is 5.10 Å². The van der Waals surface area contributed by atoms with Crippen molar-refractivity contribution in [1.29, 1.82) is 0 Å². The van der Waals surface area contributed by atoms with Crippen LogP contribution in [0.1, 0.15) is 36.0 Å². The highest BCUT2D eigenvalue weighted by Crippen LogP contribution is 2.24. The van der Waals surface area contributed by atoms with E-state index in [1.807, 2.05) is 12.1 Å². The second-order valence-electron chi connectivity index (χ2n) is 5.93. The lowest BCUT2D eigenvalue weighted by Crippen LogP contribution is -2.41. The van der Waals surface area contributed by atoms with Gasteiger partial charge in [0.05, 0.1) is 22.5 Å². The van der Waals surface area contributed by atoms with Crippen molar-refractivity contribution in [1.82, 2.24) is 15.5 Å². The first kappa shape index (κ1) is 15.0. The monoisotopic (exact) mass is 321 g/mol. The van der Waals surface area contributed by atoms with Crippen LogP contribution in [0.4, 0.5) is 0 Å². The molecular formula is C15H19N3O3S. The van der Waals surface area contributed by atoms with Crippen molar-refractivity contribution in [2.75, 3.05) is 6.26 Å². The van der Waals surface area contributed by atoms with E-state index in [0.717, 1.165) is 18.2 Å². The minimum absolute atomic E-state index is 0.0980. The Morgan fingerprint density at radius 1 is 1.36 bits per heavy atom. The Kier molecular flexibility index (Phi) is 3.90. The number of aromatic amines is 1. The summed E-state index contributed by atoms with van der Waals surface area (Å²) in [7, 11) is -3.05. The number of benzene rings is 1. The number of carbonyl (C=O) groups is 1. The first-order valence-corrected chi connectivity index (χ1v) is 9.32. The predicted octanol–water partition coefficient (Wildman–Crippen LogP) is 1.65. The second-order valence-corrected chi connectivity index (χ2v) is 8.25. The fourth-order valence-electron chi connectivity index (χ4n) is 3.09. The van der Waals surface area contributed by atoms with Gasteiger partial charge in [-0.25, -0.2) is 8.42 Å². The molecule has 0 spiro atoms. The molecular weight excluding hydrogens is 302 g/mol. The van der Waals surface area contributed by atoms with Crippen LogP contribution >= 0.6 is 0 Å². The molecule has 1 fully saturated rings. The van der Waals surface area contributed by atoms with Crippen molar-refractivity contribution in [3.63, 3.8) is 0 Å². The lowest BCUT2D eigenvalue weighted by Gasteiger charge is -2.28. The summed E-state index contributed by atoms with van der Waals surface area (Å²) in [6, 6.07) is 5.34. The number of amides is 1. The number of fused-ring (bicyclic) bond motifs is 1. The molecule has 0 bridgehead atoms. The number of nitrogens with one attached hydrogen (secondary N) is 2. The van der Waals surface area contributed by atoms with Crippen LogP contribution in [0.3, 0.4) is 0 Å². The first-order valence-electron chi connectivity index (χ1n) is 7.37. The largest absolute Gasteiger partial charge is 0.349 e. The van der Waals surface area contributed by atoms with Gasteiger partial charge in [0.25, 0.3) is 5.91 Å². The van der Waals surface area contributed by atoms with Crippen molar-refractivity contribution in [3.05, 3.63) is 30.0 Å². The normalized spacial score (nSPS) is 22.6. The van der Waals surface area contributed by atoms with Crippen LogP contribution in [0.2, 0.25) is 0 Å². The van der Waals surface area contributed by atoms with E-state index in [1.165, 1.54) is 6.26 Å². The molecule has 6 nitrogen and oxygen atoms in total. The van der Waals surface area contributed by atoms with Crippen molar-refractivity contribution < 1.29 is 13.2 Å². The number of rotatable bonds is 3. The lowest BCUT2D eigenvalue weighted by atomic mass is 9.94. The molecule has 1 aromatic heterocycles. The van der Waals surface area contributed by atoms with E-state index in [-0.39, 0.29) is 17.2 Å². The molecule has 0 radical (unpaired) electrons. The fraction of sp³-hybridized carbons (Fsp3) is 0.467. The number of aromatic nitrogens is 2. The van der Waals surface area contributed by atoms with E-state index in [0.29, 0.717) is 23.9 Å². The molecule has 2 N–H and O–H groups in total. The minimum Gasteiger partial charge on any atom is -0.349 e. The molecule has 118 valence electrons. The minimum atomic E-state index is -3.05. The molecule has 0 unspecified atom stereocenters. The Hall–Kier alpha value is -1.89. The molecule has 22 heavy (non-hydrogen) atoms. The summed E-state index contributed by atoms with van der Waals surface area (Å²) in [6.45, 7) is 0.